The second-order valence-corrected chi connectivity index (χ2v) is 3.79. The van der Waals surface area contributed by atoms with Crippen LogP contribution in [0.5, 0.6) is 11.5 Å². The summed E-state index contributed by atoms with van der Waals surface area (Å²) in [7, 11) is 3.09. The molecule has 0 radical (unpaired) electrons. The van der Waals surface area contributed by atoms with E-state index in [2.05, 4.69) is 0 Å². The average molecular weight is 227 g/mol. The zero-order valence-electron chi connectivity index (χ0n) is 9.92. The van der Waals surface area contributed by atoms with Crippen LogP contribution in [0, 0.1) is 0 Å². The van der Waals surface area contributed by atoms with Gasteiger partial charge in [0.25, 0.3) is 0 Å². The maximum atomic E-state index is 12.8. The Balaban J connectivity index is 3.15. The minimum atomic E-state index is -0.556. The van der Waals surface area contributed by atoms with Crippen LogP contribution in [0.4, 0.5) is 4.39 Å². The fourth-order valence-electron chi connectivity index (χ4n) is 1.65. The zero-order valence-corrected chi connectivity index (χ0v) is 9.92. The Hall–Kier alpha value is -1.29. The first kappa shape index (κ1) is 12.8. The largest absolute Gasteiger partial charge is 0.496 e. The summed E-state index contributed by atoms with van der Waals surface area (Å²) < 4.78 is 23.1. The Morgan fingerprint density at radius 3 is 2.19 bits per heavy atom. The second-order valence-electron chi connectivity index (χ2n) is 3.79. The Kier molecular flexibility index (Phi) is 4.55. The SMILES string of the molecule is COc1cc(OC)c(CC(C)N)cc1CF. The van der Waals surface area contributed by atoms with Crippen molar-refractivity contribution in [2.45, 2.75) is 26.1 Å². The van der Waals surface area contributed by atoms with Gasteiger partial charge < -0.3 is 15.2 Å². The van der Waals surface area contributed by atoms with Crippen molar-refractivity contribution in [3.63, 3.8) is 0 Å². The Morgan fingerprint density at radius 1 is 1.19 bits per heavy atom. The molecule has 0 aliphatic heterocycles. The van der Waals surface area contributed by atoms with Crippen molar-refractivity contribution in [3.8, 4) is 11.5 Å². The lowest BCUT2D eigenvalue weighted by molar-refractivity contribution is 0.378. The first-order valence-electron chi connectivity index (χ1n) is 5.17. The van der Waals surface area contributed by atoms with Gasteiger partial charge in [-0.3, -0.25) is 0 Å². The number of benzene rings is 1. The van der Waals surface area contributed by atoms with E-state index in [1.165, 1.54) is 7.11 Å². The number of rotatable bonds is 5. The molecule has 0 saturated carbocycles. The van der Waals surface area contributed by atoms with E-state index in [1.807, 2.05) is 6.92 Å². The highest BCUT2D eigenvalue weighted by Crippen LogP contribution is 2.30. The van der Waals surface area contributed by atoms with E-state index >= 15 is 0 Å². The minimum Gasteiger partial charge on any atom is -0.496 e. The molecule has 0 saturated heterocycles. The summed E-state index contributed by atoms with van der Waals surface area (Å²) >= 11 is 0. The summed E-state index contributed by atoms with van der Waals surface area (Å²) in [5.41, 5.74) is 7.16. The number of hydrogen-bond acceptors (Lipinski definition) is 3. The van der Waals surface area contributed by atoms with Gasteiger partial charge in [-0.05, 0) is 25.0 Å². The third-order valence-electron chi connectivity index (χ3n) is 2.37. The molecule has 0 aliphatic rings. The molecule has 16 heavy (non-hydrogen) atoms. The van der Waals surface area contributed by atoms with Crippen molar-refractivity contribution >= 4 is 0 Å². The summed E-state index contributed by atoms with van der Waals surface area (Å²) in [6, 6.07) is 3.46. The highest BCUT2D eigenvalue weighted by molar-refractivity contribution is 5.46. The van der Waals surface area contributed by atoms with Crippen LogP contribution in [0.3, 0.4) is 0 Å². The summed E-state index contributed by atoms with van der Waals surface area (Å²) in [6.45, 7) is 1.35. The molecule has 1 unspecified atom stereocenters. The monoisotopic (exact) mass is 227 g/mol. The highest BCUT2D eigenvalue weighted by atomic mass is 19.1. The lowest BCUT2D eigenvalue weighted by Gasteiger charge is -2.14. The van der Waals surface area contributed by atoms with E-state index in [0.29, 0.717) is 23.5 Å². The van der Waals surface area contributed by atoms with Crippen LogP contribution >= 0.6 is 0 Å². The van der Waals surface area contributed by atoms with Crippen molar-refractivity contribution < 1.29 is 13.9 Å². The van der Waals surface area contributed by atoms with Crippen molar-refractivity contribution in [1.29, 1.82) is 0 Å². The van der Waals surface area contributed by atoms with Crippen LogP contribution in [0.1, 0.15) is 18.1 Å². The van der Waals surface area contributed by atoms with Crippen LogP contribution in [0.2, 0.25) is 0 Å². The van der Waals surface area contributed by atoms with Crippen LogP contribution in [-0.2, 0) is 13.1 Å². The summed E-state index contributed by atoms with van der Waals surface area (Å²) in [5.74, 6) is 1.19. The van der Waals surface area contributed by atoms with E-state index in [0.717, 1.165) is 5.56 Å². The predicted octanol–water partition coefficient (Wildman–Crippen LogP) is 2.06. The number of nitrogens with two attached hydrogens (primary N) is 1. The Bertz CT molecular complexity index is 353. The smallest absolute Gasteiger partial charge is 0.128 e. The number of methoxy groups -OCH3 is 2. The normalized spacial score (nSPS) is 12.3. The van der Waals surface area contributed by atoms with Gasteiger partial charge in [-0.15, -0.1) is 0 Å². The molecule has 1 aromatic rings. The average Bonchev–Trinajstić information content (AvgIpc) is 2.27. The molecular formula is C12H18FNO2. The third kappa shape index (κ3) is 2.85. The van der Waals surface area contributed by atoms with Crippen LogP contribution in [0.15, 0.2) is 12.1 Å². The molecule has 0 aromatic heterocycles. The van der Waals surface area contributed by atoms with Gasteiger partial charge in [0.15, 0.2) is 0 Å². The van der Waals surface area contributed by atoms with E-state index in [-0.39, 0.29) is 6.04 Å². The van der Waals surface area contributed by atoms with Gasteiger partial charge in [-0.25, -0.2) is 4.39 Å². The molecule has 2 N–H and O–H groups in total. The van der Waals surface area contributed by atoms with Crippen LogP contribution in [0.25, 0.3) is 0 Å². The number of hydrogen-bond donors (Lipinski definition) is 1. The zero-order chi connectivity index (χ0) is 12.1. The van der Waals surface area contributed by atoms with Crippen molar-refractivity contribution in [2.24, 2.45) is 5.73 Å². The van der Waals surface area contributed by atoms with Crippen molar-refractivity contribution in [2.75, 3.05) is 14.2 Å². The van der Waals surface area contributed by atoms with Gasteiger partial charge in [0.2, 0.25) is 0 Å². The summed E-state index contributed by atoms with van der Waals surface area (Å²) in [6.07, 6.45) is 0.653. The van der Waals surface area contributed by atoms with Crippen molar-refractivity contribution in [3.05, 3.63) is 23.3 Å². The topological polar surface area (TPSA) is 44.5 Å². The number of ether oxygens (including phenoxy) is 2. The molecule has 0 fully saturated rings. The van der Waals surface area contributed by atoms with Gasteiger partial charge in [-0.1, -0.05) is 0 Å². The molecule has 0 amide bonds. The first-order valence-corrected chi connectivity index (χ1v) is 5.17. The standard InChI is InChI=1S/C12H18FNO2/c1-8(14)4-9-5-10(7-13)12(16-3)6-11(9)15-2/h5-6,8H,4,7,14H2,1-3H3. The fraction of sp³-hybridized carbons (Fsp3) is 0.500. The molecule has 0 spiro atoms. The lowest BCUT2D eigenvalue weighted by atomic mass is 10.0. The maximum Gasteiger partial charge on any atom is 0.128 e. The molecule has 90 valence electrons. The fourth-order valence-corrected chi connectivity index (χ4v) is 1.65. The molecule has 1 atom stereocenters. The molecule has 0 bridgehead atoms. The first-order chi connectivity index (χ1) is 7.62. The van der Waals surface area contributed by atoms with E-state index < -0.39 is 6.67 Å². The van der Waals surface area contributed by atoms with E-state index in [9.17, 15) is 4.39 Å². The van der Waals surface area contributed by atoms with E-state index in [1.54, 1.807) is 19.2 Å². The molecule has 0 heterocycles. The Morgan fingerprint density at radius 2 is 1.75 bits per heavy atom. The number of halogens is 1. The molecule has 1 rings (SSSR count). The van der Waals surface area contributed by atoms with Gasteiger partial charge in [0.1, 0.15) is 18.2 Å². The van der Waals surface area contributed by atoms with Gasteiger partial charge in [-0.2, -0.15) is 0 Å². The van der Waals surface area contributed by atoms with Gasteiger partial charge in [0.05, 0.1) is 14.2 Å². The van der Waals surface area contributed by atoms with Crippen molar-refractivity contribution in [1.82, 2.24) is 0 Å². The summed E-state index contributed by atoms with van der Waals surface area (Å²) in [4.78, 5) is 0. The van der Waals surface area contributed by atoms with Gasteiger partial charge >= 0.3 is 0 Å². The third-order valence-corrected chi connectivity index (χ3v) is 2.37. The molecule has 1 aromatic carbocycles. The van der Waals surface area contributed by atoms with Gasteiger partial charge in [0, 0.05) is 17.7 Å². The molecule has 4 heteroatoms. The Labute approximate surface area is 95.4 Å². The highest BCUT2D eigenvalue weighted by Gasteiger charge is 2.12. The molecule has 3 nitrogen and oxygen atoms in total. The summed E-state index contributed by atoms with van der Waals surface area (Å²) in [5, 5.41) is 0. The second kappa shape index (κ2) is 5.70. The maximum absolute atomic E-state index is 12.8. The van der Waals surface area contributed by atoms with E-state index in [4.69, 9.17) is 15.2 Å². The predicted molar refractivity (Wildman–Crippen MR) is 61.7 cm³/mol. The minimum absolute atomic E-state index is 0.00903. The molecular weight excluding hydrogens is 209 g/mol. The quantitative estimate of drug-likeness (QED) is 0.837. The molecule has 0 aliphatic carbocycles. The van der Waals surface area contributed by atoms with Crippen LogP contribution < -0.4 is 15.2 Å². The number of alkyl halides is 1. The van der Waals surface area contributed by atoms with Crippen LogP contribution in [-0.4, -0.2) is 20.3 Å². The lowest BCUT2D eigenvalue weighted by Crippen LogP contribution is -2.18.